The van der Waals surface area contributed by atoms with Gasteiger partial charge in [-0.1, -0.05) is 12.1 Å². The average Bonchev–Trinajstić information content (AvgIpc) is 3.24. The van der Waals surface area contributed by atoms with E-state index in [1.165, 1.54) is 12.1 Å². The molecule has 2 atom stereocenters. The molecule has 3 aliphatic rings. The molecule has 0 aliphatic carbocycles. The number of carbonyl (C=O) groups is 2. The van der Waals surface area contributed by atoms with Crippen LogP contribution in [0.1, 0.15) is 36.0 Å². The lowest BCUT2D eigenvalue weighted by atomic mass is 9.97. The predicted octanol–water partition coefficient (Wildman–Crippen LogP) is 4.73. The largest absolute Gasteiger partial charge is 0.493 e. The van der Waals surface area contributed by atoms with Gasteiger partial charge in [0.05, 0.1) is 24.8 Å². The molecular weight excluding hydrogens is 499 g/mol. The van der Waals surface area contributed by atoms with Crippen LogP contribution in [0.15, 0.2) is 42.5 Å². The first-order valence-electron chi connectivity index (χ1n) is 12.7. The van der Waals surface area contributed by atoms with Crippen LogP contribution < -0.4 is 15.4 Å². The molecule has 3 heterocycles. The third-order valence-corrected chi connectivity index (χ3v) is 7.32. The molecule has 0 aromatic heterocycles. The Hall–Kier alpha value is -3.37. The number of alkyl halides is 3. The Morgan fingerprint density at radius 2 is 2.11 bits per heavy atom. The summed E-state index contributed by atoms with van der Waals surface area (Å²) in [5, 5.41) is 5.80. The Morgan fingerprint density at radius 3 is 2.89 bits per heavy atom. The van der Waals surface area contributed by atoms with Crippen LogP contribution in [0.5, 0.6) is 5.75 Å². The highest BCUT2D eigenvalue weighted by atomic mass is 19.4. The second-order valence-corrected chi connectivity index (χ2v) is 10.0. The Kier molecular flexibility index (Phi) is 7.45. The number of likely N-dealkylation sites (tertiary alicyclic amines) is 1. The van der Waals surface area contributed by atoms with Gasteiger partial charge in [0, 0.05) is 36.7 Å². The molecule has 2 amide bonds. The number of halogens is 3. The summed E-state index contributed by atoms with van der Waals surface area (Å²) in [5.74, 6) is 0.0805. The summed E-state index contributed by atoms with van der Waals surface area (Å²) in [4.78, 5) is 27.9. The molecule has 0 bridgehead atoms. The number of fused-ring (bicyclic) bond motifs is 2. The number of ether oxygens (including phenoxy) is 2. The average molecular weight is 530 g/mol. The molecule has 1 saturated heterocycles. The number of rotatable bonds is 5. The second kappa shape index (κ2) is 10.8. The molecule has 2 aromatic carbocycles. The first-order chi connectivity index (χ1) is 18.2. The van der Waals surface area contributed by atoms with Gasteiger partial charge in [0.2, 0.25) is 11.8 Å². The van der Waals surface area contributed by atoms with Crippen molar-refractivity contribution in [2.75, 3.05) is 44.0 Å². The molecule has 7 nitrogen and oxygen atoms in total. The third kappa shape index (κ3) is 5.71. The zero-order chi connectivity index (χ0) is 26.9. The minimum atomic E-state index is -4.48. The van der Waals surface area contributed by atoms with Gasteiger partial charge in [0.25, 0.3) is 0 Å². The topological polar surface area (TPSA) is 79.9 Å². The number of benzene rings is 2. The Labute approximate surface area is 219 Å². The third-order valence-electron chi connectivity index (χ3n) is 7.32. The van der Waals surface area contributed by atoms with Crippen LogP contribution in [-0.2, 0) is 26.9 Å². The van der Waals surface area contributed by atoms with E-state index in [2.05, 4.69) is 15.5 Å². The molecule has 38 heavy (non-hydrogen) atoms. The van der Waals surface area contributed by atoms with Crippen molar-refractivity contribution in [2.45, 2.75) is 37.9 Å². The zero-order valence-corrected chi connectivity index (χ0v) is 21.1. The Morgan fingerprint density at radius 1 is 1.26 bits per heavy atom. The van der Waals surface area contributed by atoms with E-state index in [-0.39, 0.29) is 24.3 Å². The van der Waals surface area contributed by atoms with E-state index in [1.54, 1.807) is 19.2 Å². The Bertz CT molecular complexity index is 1260. The molecule has 10 heteroatoms. The minimum Gasteiger partial charge on any atom is -0.493 e. The lowest BCUT2D eigenvalue weighted by Crippen LogP contribution is -2.47. The van der Waals surface area contributed by atoms with Crippen molar-refractivity contribution in [3.05, 3.63) is 59.2 Å². The fourth-order valence-electron chi connectivity index (χ4n) is 5.43. The van der Waals surface area contributed by atoms with Gasteiger partial charge in [-0.3, -0.25) is 14.5 Å². The number of hydrogen-bond donors (Lipinski definition) is 2. The lowest BCUT2D eigenvalue weighted by Gasteiger charge is -2.31. The van der Waals surface area contributed by atoms with E-state index < -0.39 is 17.6 Å². The number of allylic oxidation sites excluding steroid dienone is 1. The van der Waals surface area contributed by atoms with Gasteiger partial charge >= 0.3 is 6.18 Å². The van der Waals surface area contributed by atoms with E-state index in [4.69, 9.17) is 9.47 Å². The number of methoxy groups -OCH3 is 1. The van der Waals surface area contributed by atoms with E-state index in [9.17, 15) is 22.8 Å². The van der Waals surface area contributed by atoms with Crippen molar-refractivity contribution in [2.24, 2.45) is 5.92 Å². The van der Waals surface area contributed by atoms with Crippen LogP contribution in [-0.4, -0.2) is 56.2 Å². The van der Waals surface area contributed by atoms with Crippen LogP contribution in [0.3, 0.4) is 0 Å². The first-order valence-corrected chi connectivity index (χ1v) is 12.7. The van der Waals surface area contributed by atoms with Crippen molar-refractivity contribution < 1.29 is 32.2 Å². The van der Waals surface area contributed by atoms with Gasteiger partial charge in [-0.05, 0) is 73.5 Å². The SMILES string of the molecule is COC[C@@H]1CCN(C2Cc3ccc(NC(=O)C=C4CCCOc5cc(C(F)(F)F)ccc54)cc3NC2=O)C1. The molecule has 3 aliphatic heterocycles. The normalized spacial score (nSPS) is 22.7. The summed E-state index contributed by atoms with van der Waals surface area (Å²) in [7, 11) is 1.69. The highest BCUT2D eigenvalue weighted by molar-refractivity contribution is 6.05. The van der Waals surface area contributed by atoms with Gasteiger partial charge in [-0.25, -0.2) is 0 Å². The van der Waals surface area contributed by atoms with Gasteiger partial charge < -0.3 is 20.1 Å². The number of anilines is 2. The summed E-state index contributed by atoms with van der Waals surface area (Å²) in [6, 6.07) is 8.53. The smallest absolute Gasteiger partial charge is 0.416 e. The van der Waals surface area contributed by atoms with Gasteiger partial charge in [0.1, 0.15) is 5.75 Å². The number of amides is 2. The van der Waals surface area contributed by atoms with Crippen LogP contribution in [0.2, 0.25) is 0 Å². The first kappa shape index (κ1) is 26.2. The fraction of sp³-hybridized carbons (Fsp3) is 0.429. The van der Waals surface area contributed by atoms with Crippen molar-refractivity contribution in [3.63, 3.8) is 0 Å². The molecule has 0 saturated carbocycles. The summed E-state index contributed by atoms with van der Waals surface area (Å²) in [5.41, 5.74) is 2.47. The maximum atomic E-state index is 13.1. The van der Waals surface area contributed by atoms with Gasteiger partial charge in [0.15, 0.2) is 0 Å². The molecule has 0 spiro atoms. The molecular formula is C28H30F3N3O4. The molecule has 5 rings (SSSR count). The predicted molar refractivity (Wildman–Crippen MR) is 137 cm³/mol. The summed E-state index contributed by atoms with van der Waals surface area (Å²) < 4.78 is 50.2. The van der Waals surface area contributed by atoms with Gasteiger partial charge in [-0.15, -0.1) is 0 Å². The molecule has 0 radical (unpaired) electrons. The standard InChI is InChI=1S/C28H30F3N3O4/c1-37-16-17-8-9-34(15-17)24-11-19-4-6-21(14-23(19)33-27(24)36)32-26(35)12-18-3-2-10-38-25-13-20(28(29,30)31)5-7-22(18)25/h4-7,12-14,17,24H,2-3,8-11,15-16H2,1H3,(H,32,35)(H,33,36)/t17-,24?/m1/s1. The molecule has 2 N–H and O–H groups in total. The summed E-state index contributed by atoms with van der Waals surface area (Å²) in [6.07, 6.45) is -0.409. The van der Waals surface area contributed by atoms with E-state index in [1.807, 2.05) is 6.07 Å². The lowest BCUT2D eigenvalue weighted by molar-refractivity contribution is -0.137. The summed E-state index contributed by atoms with van der Waals surface area (Å²) in [6.45, 7) is 2.64. The fourth-order valence-corrected chi connectivity index (χ4v) is 5.43. The van der Waals surface area contributed by atoms with Crippen LogP contribution in [0.25, 0.3) is 5.57 Å². The number of carbonyl (C=O) groups excluding carboxylic acids is 2. The molecule has 202 valence electrons. The van der Waals surface area contributed by atoms with Crippen molar-refractivity contribution >= 4 is 28.8 Å². The zero-order valence-electron chi connectivity index (χ0n) is 21.1. The van der Waals surface area contributed by atoms with Crippen LogP contribution in [0, 0.1) is 5.92 Å². The maximum Gasteiger partial charge on any atom is 0.416 e. The monoisotopic (exact) mass is 529 g/mol. The molecule has 2 aromatic rings. The number of hydrogen-bond acceptors (Lipinski definition) is 5. The van der Waals surface area contributed by atoms with E-state index in [0.717, 1.165) is 37.2 Å². The van der Waals surface area contributed by atoms with E-state index >= 15 is 0 Å². The van der Waals surface area contributed by atoms with Crippen molar-refractivity contribution in [1.29, 1.82) is 0 Å². The minimum absolute atomic E-state index is 0.0607. The number of nitrogens with zero attached hydrogens (tertiary/aromatic N) is 1. The van der Waals surface area contributed by atoms with Crippen LogP contribution >= 0.6 is 0 Å². The second-order valence-electron chi connectivity index (χ2n) is 10.0. The quantitative estimate of drug-likeness (QED) is 0.548. The van der Waals surface area contributed by atoms with Crippen LogP contribution in [0.4, 0.5) is 24.5 Å². The maximum absolute atomic E-state index is 13.1. The van der Waals surface area contributed by atoms with Crippen molar-refractivity contribution in [3.8, 4) is 5.75 Å². The molecule has 1 fully saturated rings. The highest BCUT2D eigenvalue weighted by Gasteiger charge is 2.36. The highest BCUT2D eigenvalue weighted by Crippen LogP contribution is 2.38. The summed E-state index contributed by atoms with van der Waals surface area (Å²) >= 11 is 0. The molecule has 1 unspecified atom stereocenters. The van der Waals surface area contributed by atoms with Crippen molar-refractivity contribution in [1.82, 2.24) is 4.90 Å². The number of nitrogens with one attached hydrogen (secondary N) is 2. The Balaban J connectivity index is 1.28. The van der Waals surface area contributed by atoms with Gasteiger partial charge in [-0.2, -0.15) is 13.2 Å². The van der Waals surface area contributed by atoms with E-state index in [0.29, 0.717) is 54.3 Å².